The molecule has 0 aromatic carbocycles. The molecular formula is C61H96O6. The predicted molar refractivity (Wildman–Crippen MR) is 288 cm³/mol. The maximum atomic E-state index is 12.8. The highest BCUT2D eigenvalue weighted by molar-refractivity contribution is 5.71. The SMILES string of the molecule is CC/C=C\C/C=C\C/C=C\C/C=C\C/C=C\C/C=C\CCC(=O)OC[C@H](COC(=O)CCCCCC/C=C\C/C=C\C/C=C\C/C=C\CC)OC(=O)CCCCCCC/C=C\CCCCCC. The minimum absolute atomic E-state index is 0.122. The van der Waals surface area contributed by atoms with Gasteiger partial charge < -0.3 is 14.2 Å². The van der Waals surface area contributed by atoms with E-state index in [-0.39, 0.29) is 37.5 Å². The van der Waals surface area contributed by atoms with Gasteiger partial charge in [0.25, 0.3) is 0 Å². The van der Waals surface area contributed by atoms with Crippen molar-refractivity contribution in [2.75, 3.05) is 13.2 Å². The Morgan fingerprint density at radius 3 is 1.01 bits per heavy atom. The number of allylic oxidation sites excluding steroid dienone is 22. The molecule has 0 saturated heterocycles. The van der Waals surface area contributed by atoms with E-state index in [1.807, 2.05) is 12.2 Å². The fraction of sp³-hybridized carbons (Fsp3) is 0.590. The zero-order valence-corrected chi connectivity index (χ0v) is 42.9. The third-order valence-corrected chi connectivity index (χ3v) is 10.6. The van der Waals surface area contributed by atoms with Gasteiger partial charge in [-0.2, -0.15) is 0 Å². The molecule has 0 aliphatic carbocycles. The molecule has 0 saturated carbocycles. The Balaban J connectivity index is 4.57. The summed E-state index contributed by atoms with van der Waals surface area (Å²) >= 11 is 0. The van der Waals surface area contributed by atoms with Crippen molar-refractivity contribution >= 4 is 17.9 Å². The fourth-order valence-corrected chi connectivity index (χ4v) is 6.69. The van der Waals surface area contributed by atoms with E-state index in [2.05, 4.69) is 142 Å². The lowest BCUT2D eigenvalue weighted by Crippen LogP contribution is -2.30. The van der Waals surface area contributed by atoms with Crippen LogP contribution >= 0.6 is 0 Å². The summed E-state index contributed by atoms with van der Waals surface area (Å²) in [6.07, 6.45) is 75.9. The van der Waals surface area contributed by atoms with Gasteiger partial charge in [0.15, 0.2) is 6.10 Å². The maximum Gasteiger partial charge on any atom is 0.306 e. The predicted octanol–water partition coefficient (Wildman–Crippen LogP) is 17.9. The second kappa shape index (κ2) is 54.2. The molecular weight excluding hydrogens is 829 g/mol. The summed E-state index contributed by atoms with van der Waals surface area (Å²) in [7, 11) is 0. The summed E-state index contributed by atoms with van der Waals surface area (Å²) in [5, 5.41) is 0. The summed E-state index contributed by atoms with van der Waals surface area (Å²) in [5.41, 5.74) is 0. The number of carbonyl (C=O) groups excluding carboxylic acids is 3. The fourth-order valence-electron chi connectivity index (χ4n) is 6.69. The monoisotopic (exact) mass is 925 g/mol. The van der Waals surface area contributed by atoms with Gasteiger partial charge in [0.2, 0.25) is 0 Å². The van der Waals surface area contributed by atoms with Crippen LogP contribution in [-0.2, 0) is 28.6 Å². The lowest BCUT2D eigenvalue weighted by molar-refractivity contribution is -0.166. The Morgan fingerprint density at radius 1 is 0.313 bits per heavy atom. The van der Waals surface area contributed by atoms with Gasteiger partial charge >= 0.3 is 17.9 Å². The number of hydrogen-bond acceptors (Lipinski definition) is 6. The van der Waals surface area contributed by atoms with Crippen molar-refractivity contribution in [2.24, 2.45) is 0 Å². The van der Waals surface area contributed by atoms with Crippen molar-refractivity contribution in [3.8, 4) is 0 Å². The average molecular weight is 925 g/mol. The second-order valence-electron chi connectivity index (χ2n) is 17.0. The first-order valence-corrected chi connectivity index (χ1v) is 26.7. The van der Waals surface area contributed by atoms with Crippen LogP contribution in [-0.4, -0.2) is 37.2 Å². The van der Waals surface area contributed by atoms with Crippen LogP contribution in [0.15, 0.2) is 134 Å². The summed E-state index contributed by atoms with van der Waals surface area (Å²) in [6, 6.07) is 0. The molecule has 0 heterocycles. The quantitative estimate of drug-likeness (QED) is 0.0262. The van der Waals surface area contributed by atoms with E-state index in [0.717, 1.165) is 128 Å². The molecule has 0 aliphatic rings. The van der Waals surface area contributed by atoms with Gasteiger partial charge in [0, 0.05) is 19.3 Å². The van der Waals surface area contributed by atoms with Crippen LogP contribution in [0.3, 0.4) is 0 Å². The van der Waals surface area contributed by atoms with E-state index in [1.54, 1.807) is 0 Å². The molecule has 0 aromatic rings. The molecule has 6 heteroatoms. The highest BCUT2D eigenvalue weighted by Gasteiger charge is 2.19. The van der Waals surface area contributed by atoms with Crippen molar-refractivity contribution in [3.05, 3.63) is 134 Å². The molecule has 0 amide bonds. The first-order chi connectivity index (χ1) is 33.0. The van der Waals surface area contributed by atoms with Crippen LogP contribution in [0.2, 0.25) is 0 Å². The highest BCUT2D eigenvalue weighted by atomic mass is 16.6. The van der Waals surface area contributed by atoms with Gasteiger partial charge in [0.1, 0.15) is 13.2 Å². The lowest BCUT2D eigenvalue weighted by Gasteiger charge is -2.18. The van der Waals surface area contributed by atoms with E-state index < -0.39 is 6.10 Å². The zero-order chi connectivity index (χ0) is 48.6. The standard InChI is InChI=1S/C61H96O6/c1-4-7-10-13-16-19-22-25-27-29-30-32-34-37-39-42-45-48-51-54-60(63)66-57-58(67-61(64)55-52-49-46-43-40-35-24-21-18-15-12-9-6-3)56-65-59(62)53-50-47-44-41-38-36-33-31-28-26-23-20-17-14-11-8-5-2/h7-8,10-11,16-17,19-21,24-28,30,32-33,36-37,39,45,48,58H,4-6,9,12-15,18,22-23,29,31,34-35,38,40-44,46-47,49-57H2,1-3H3/b10-7-,11-8-,19-16-,20-17-,24-21-,27-25-,28-26-,32-30-,36-33-,39-37-,48-45-/t58-/m0/s1. The number of rotatable bonds is 46. The molecule has 0 radical (unpaired) electrons. The highest BCUT2D eigenvalue weighted by Crippen LogP contribution is 2.12. The van der Waals surface area contributed by atoms with Crippen LogP contribution in [0, 0.1) is 0 Å². The van der Waals surface area contributed by atoms with Gasteiger partial charge in [-0.3, -0.25) is 14.4 Å². The Hall–Kier alpha value is -4.45. The van der Waals surface area contributed by atoms with Gasteiger partial charge in [-0.15, -0.1) is 0 Å². The van der Waals surface area contributed by atoms with Crippen LogP contribution in [0.1, 0.15) is 213 Å². The van der Waals surface area contributed by atoms with E-state index >= 15 is 0 Å². The Kier molecular flexibility index (Phi) is 50.6. The van der Waals surface area contributed by atoms with Crippen molar-refractivity contribution in [3.63, 3.8) is 0 Å². The number of ether oxygens (including phenoxy) is 3. The molecule has 0 bridgehead atoms. The number of esters is 3. The molecule has 0 aromatic heterocycles. The Morgan fingerprint density at radius 2 is 0.612 bits per heavy atom. The molecule has 6 nitrogen and oxygen atoms in total. The second-order valence-corrected chi connectivity index (χ2v) is 17.0. The molecule has 0 spiro atoms. The molecule has 0 rings (SSSR count). The third kappa shape index (κ3) is 52.4. The van der Waals surface area contributed by atoms with Gasteiger partial charge in [0.05, 0.1) is 0 Å². The van der Waals surface area contributed by atoms with E-state index in [9.17, 15) is 14.4 Å². The van der Waals surface area contributed by atoms with Crippen LogP contribution in [0.25, 0.3) is 0 Å². The first kappa shape index (κ1) is 62.5. The van der Waals surface area contributed by atoms with Crippen LogP contribution in [0.4, 0.5) is 0 Å². The Bertz CT molecular complexity index is 1480. The smallest absolute Gasteiger partial charge is 0.306 e. The van der Waals surface area contributed by atoms with Crippen molar-refractivity contribution in [1.29, 1.82) is 0 Å². The first-order valence-electron chi connectivity index (χ1n) is 26.7. The summed E-state index contributed by atoms with van der Waals surface area (Å²) in [4.78, 5) is 38.0. The number of unbranched alkanes of at least 4 members (excludes halogenated alkanes) is 13. The summed E-state index contributed by atoms with van der Waals surface area (Å²) < 4.78 is 16.7. The summed E-state index contributed by atoms with van der Waals surface area (Å²) in [6.45, 7) is 6.28. The van der Waals surface area contributed by atoms with Gasteiger partial charge in [-0.1, -0.05) is 206 Å². The van der Waals surface area contributed by atoms with E-state index in [4.69, 9.17) is 14.2 Å². The number of carbonyl (C=O) groups is 3. The van der Waals surface area contributed by atoms with Crippen molar-refractivity contribution < 1.29 is 28.6 Å². The molecule has 67 heavy (non-hydrogen) atoms. The van der Waals surface area contributed by atoms with E-state index in [0.29, 0.717) is 19.3 Å². The molecule has 0 N–H and O–H groups in total. The zero-order valence-electron chi connectivity index (χ0n) is 42.9. The van der Waals surface area contributed by atoms with Crippen LogP contribution < -0.4 is 0 Å². The molecule has 376 valence electrons. The molecule has 0 unspecified atom stereocenters. The number of hydrogen-bond donors (Lipinski definition) is 0. The topological polar surface area (TPSA) is 78.9 Å². The minimum Gasteiger partial charge on any atom is -0.462 e. The largest absolute Gasteiger partial charge is 0.462 e. The van der Waals surface area contributed by atoms with E-state index in [1.165, 1.54) is 38.5 Å². The third-order valence-electron chi connectivity index (χ3n) is 10.6. The molecule has 1 atom stereocenters. The normalized spacial score (nSPS) is 13.2. The van der Waals surface area contributed by atoms with Crippen LogP contribution in [0.5, 0.6) is 0 Å². The lowest BCUT2D eigenvalue weighted by atomic mass is 10.1. The van der Waals surface area contributed by atoms with Gasteiger partial charge in [-0.25, -0.2) is 0 Å². The maximum absolute atomic E-state index is 12.8. The van der Waals surface area contributed by atoms with Crippen molar-refractivity contribution in [2.45, 2.75) is 219 Å². The summed E-state index contributed by atoms with van der Waals surface area (Å²) in [5.74, 6) is -1.05. The molecule has 0 aliphatic heterocycles. The minimum atomic E-state index is -0.828. The average Bonchev–Trinajstić information content (AvgIpc) is 3.33. The van der Waals surface area contributed by atoms with Gasteiger partial charge in [-0.05, 0) is 122 Å². The Labute approximate surface area is 411 Å². The molecule has 0 fully saturated rings. The van der Waals surface area contributed by atoms with Crippen molar-refractivity contribution in [1.82, 2.24) is 0 Å².